The molecular weight excluding hydrogens is 355 g/mol. The first-order valence-electron chi connectivity index (χ1n) is 10.5. The average Bonchev–Trinajstić information content (AvgIpc) is 3.34. The molecule has 148 valence electrons. The molecule has 0 unspecified atom stereocenters. The fourth-order valence-electron chi connectivity index (χ4n) is 5.17. The van der Waals surface area contributed by atoms with Crippen LogP contribution < -0.4 is 4.90 Å². The Labute approximate surface area is 165 Å². The maximum Gasteiger partial charge on any atom is 0.225 e. The molecule has 1 atom stereocenters. The maximum atomic E-state index is 13.3. The lowest BCUT2D eigenvalue weighted by Gasteiger charge is -2.47. The van der Waals surface area contributed by atoms with Crippen molar-refractivity contribution in [3.05, 3.63) is 42.4 Å². The summed E-state index contributed by atoms with van der Waals surface area (Å²) >= 11 is 0. The van der Waals surface area contributed by atoms with Crippen LogP contribution >= 0.6 is 0 Å². The summed E-state index contributed by atoms with van der Waals surface area (Å²) in [6.45, 7) is 4.55. The summed E-state index contributed by atoms with van der Waals surface area (Å²) < 4.78 is 15.5. The molecule has 5 nitrogen and oxygen atoms in total. The molecule has 2 aromatic heterocycles. The van der Waals surface area contributed by atoms with Crippen LogP contribution in [0.15, 0.2) is 36.7 Å². The predicted octanol–water partition coefficient (Wildman–Crippen LogP) is 3.67. The third-order valence-corrected chi connectivity index (χ3v) is 6.75. The number of rotatable bonds is 4. The summed E-state index contributed by atoms with van der Waals surface area (Å²) in [6, 6.07) is 8.38. The predicted molar refractivity (Wildman–Crippen MR) is 106 cm³/mol. The minimum atomic E-state index is -0.795. The number of likely N-dealkylation sites (tertiary alicyclic amines) is 1. The number of carbonyl (C=O) groups is 1. The maximum absolute atomic E-state index is 13.3. The Kier molecular flexibility index (Phi) is 4.18. The van der Waals surface area contributed by atoms with Gasteiger partial charge in [0, 0.05) is 37.9 Å². The van der Waals surface area contributed by atoms with Crippen LogP contribution in [0.2, 0.25) is 0 Å². The van der Waals surface area contributed by atoms with Crippen molar-refractivity contribution in [2.45, 2.75) is 50.7 Å². The monoisotopic (exact) mass is 382 g/mol. The van der Waals surface area contributed by atoms with Crippen LogP contribution in [0.4, 0.5) is 10.1 Å². The van der Waals surface area contributed by atoms with Crippen molar-refractivity contribution < 1.29 is 9.18 Å². The first-order chi connectivity index (χ1) is 13.6. The number of hydrogen-bond donors (Lipinski definition) is 0. The number of halogens is 1. The Balaban J connectivity index is 1.53. The molecule has 1 aliphatic carbocycles. The van der Waals surface area contributed by atoms with Crippen LogP contribution in [0.1, 0.15) is 44.7 Å². The molecule has 0 radical (unpaired) electrons. The number of alkyl halides is 1. The number of aromatic nitrogens is 2. The van der Waals surface area contributed by atoms with E-state index in [1.54, 1.807) is 0 Å². The van der Waals surface area contributed by atoms with Gasteiger partial charge in [-0.1, -0.05) is 13.3 Å². The number of fused-ring (bicyclic) bond motifs is 4. The molecule has 4 heterocycles. The van der Waals surface area contributed by atoms with Crippen LogP contribution in [-0.2, 0) is 10.3 Å². The Bertz CT molecular complexity index is 890. The number of unbranched alkanes of at least 4 members (excludes halogenated alkanes) is 1. The topological polar surface area (TPSA) is 41.4 Å². The fraction of sp³-hybridized carbons (Fsp3) is 0.545. The van der Waals surface area contributed by atoms with Gasteiger partial charge in [-0.15, -0.1) is 0 Å². The fourth-order valence-corrected chi connectivity index (χ4v) is 5.17. The highest BCUT2D eigenvalue weighted by Gasteiger charge is 2.51. The van der Waals surface area contributed by atoms with E-state index in [0.717, 1.165) is 43.9 Å². The molecule has 6 heteroatoms. The minimum Gasteiger partial charge on any atom is -0.355 e. The van der Waals surface area contributed by atoms with Crippen molar-refractivity contribution >= 4 is 11.6 Å². The summed E-state index contributed by atoms with van der Waals surface area (Å²) in [7, 11) is 0. The van der Waals surface area contributed by atoms with E-state index >= 15 is 0 Å². The highest BCUT2D eigenvalue weighted by Crippen LogP contribution is 2.47. The third-order valence-electron chi connectivity index (χ3n) is 6.75. The zero-order chi connectivity index (χ0) is 19.3. The zero-order valence-corrected chi connectivity index (χ0v) is 16.4. The van der Waals surface area contributed by atoms with Gasteiger partial charge in [-0.3, -0.25) is 4.79 Å². The van der Waals surface area contributed by atoms with Crippen molar-refractivity contribution in [2.24, 2.45) is 5.92 Å². The van der Waals surface area contributed by atoms with Gasteiger partial charge in [-0.2, -0.15) is 0 Å². The molecular formula is C22H27FN4O. The SMILES string of the molecule is CCCCN1c2cccnc2-n2cccc2[C@]12CCN(C(=O)C1CC(F)C1)C2. The van der Waals surface area contributed by atoms with E-state index in [-0.39, 0.29) is 17.4 Å². The number of carbonyl (C=O) groups excluding carboxylic acids is 1. The second-order valence-electron chi connectivity index (χ2n) is 8.42. The molecule has 0 aromatic carbocycles. The highest BCUT2D eigenvalue weighted by atomic mass is 19.1. The van der Waals surface area contributed by atoms with Gasteiger partial charge in [0.15, 0.2) is 5.82 Å². The molecule has 0 bridgehead atoms. The van der Waals surface area contributed by atoms with E-state index < -0.39 is 6.17 Å². The number of nitrogens with zero attached hydrogens (tertiary/aromatic N) is 4. The molecule has 2 fully saturated rings. The number of amides is 1. The Hall–Kier alpha value is -2.37. The highest BCUT2D eigenvalue weighted by molar-refractivity contribution is 5.81. The van der Waals surface area contributed by atoms with E-state index in [0.29, 0.717) is 19.4 Å². The quantitative estimate of drug-likeness (QED) is 0.810. The van der Waals surface area contributed by atoms with Gasteiger partial charge in [-0.25, -0.2) is 9.37 Å². The Morgan fingerprint density at radius 3 is 2.96 bits per heavy atom. The van der Waals surface area contributed by atoms with Crippen molar-refractivity contribution in [1.82, 2.24) is 14.5 Å². The first-order valence-corrected chi connectivity index (χ1v) is 10.5. The first kappa shape index (κ1) is 17.7. The standard InChI is InChI=1S/C22H27FN4O/c1-2-3-11-27-18-6-4-9-24-20(18)26-10-5-7-19(26)22(27)8-12-25(15-22)21(28)16-13-17(23)14-16/h4-7,9-10,16-17H,2-3,8,11-15H2,1H3/t16?,17?,22-/m1/s1. The number of pyridine rings is 1. The van der Waals surface area contributed by atoms with Crippen molar-refractivity contribution in [3.8, 4) is 5.82 Å². The normalized spacial score (nSPS) is 28.2. The molecule has 0 N–H and O–H groups in total. The van der Waals surface area contributed by atoms with Gasteiger partial charge in [0.1, 0.15) is 11.7 Å². The van der Waals surface area contributed by atoms with Crippen molar-refractivity contribution in [1.29, 1.82) is 0 Å². The van der Waals surface area contributed by atoms with E-state index in [2.05, 4.69) is 45.8 Å². The Morgan fingerprint density at radius 2 is 2.18 bits per heavy atom. The lowest BCUT2D eigenvalue weighted by atomic mass is 9.82. The molecule has 1 amide bonds. The summed E-state index contributed by atoms with van der Waals surface area (Å²) in [6.07, 6.45) is 7.01. The molecule has 1 saturated carbocycles. The molecule has 2 aliphatic heterocycles. The van der Waals surface area contributed by atoms with E-state index in [1.807, 2.05) is 17.2 Å². The lowest BCUT2D eigenvalue weighted by Crippen LogP contribution is -2.53. The smallest absolute Gasteiger partial charge is 0.225 e. The van der Waals surface area contributed by atoms with E-state index in [1.165, 1.54) is 5.69 Å². The molecule has 1 spiro atoms. The third kappa shape index (κ3) is 2.50. The molecule has 1 saturated heterocycles. The summed E-state index contributed by atoms with van der Waals surface area (Å²) in [5.41, 5.74) is 2.12. The van der Waals surface area contributed by atoms with Gasteiger partial charge >= 0.3 is 0 Å². The van der Waals surface area contributed by atoms with Crippen LogP contribution in [0, 0.1) is 5.92 Å². The van der Waals surface area contributed by atoms with E-state index in [4.69, 9.17) is 0 Å². The average molecular weight is 382 g/mol. The van der Waals surface area contributed by atoms with Gasteiger partial charge in [0.2, 0.25) is 5.91 Å². The lowest BCUT2D eigenvalue weighted by molar-refractivity contribution is -0.139. The largest absolute Gasteiger partial charge is 0.355 e. The number of anilines is 1. The Morgan fingerprint density at radius 1 is 1.32 bits per heavy atom. The van der Waals surface area contributed by atoms with Crippen LogP contribution in [0.3, 0.4) is 0 Å². The van der Waals surface area contributed by atoms with Gasteiger partial charge < -0.3 is 14.4 Å². The molecule has 3 aliphatic rings. The second kappa shape index (κ2) is 6.61. The van der Waals surface area contributed by atoms with E-state index in [9.17, 15) is 9.18 Å². The van der Waals surface area contributed by atoms with Crippen molar-refractivity contribution in [3.63, 3.8) is 0 Å². The summed E-state index contributed by atoms with van der Waals surface area (Å²) in [4.78, 5) is 22.1. The molecule has 28 heavy (non-hydrogen) atoms. The van der Waals surface area contributed by atoms with Crippen molar-refractivity contribution in [2.75, 3.05) is 24.5 Å². The van der Waals surface area contributed by atoms with Gasteiger partial charge in [0.25, 0.3) is 0 Å². The molecule has 5 rings (SSSR count). The van der Waals surface area contributed by atoms with Gasteiger partial charge in [0.05, 0.1) is 11.4 Å². The van der Waals surface area contributed by atoms with Crippen LogP contribution in [-0.4, -0.2) is 46.2 Å². The van der Waals surface area contributed by atoms with Crippen LogP contribution in [0.5, 0.6) is 0 Å². The summed E-state index contributed by atoms with van der Waals surface area (Å²) in [5, 5.41) is 0. The zero-order valence-electron chi connectivity index (χ0n) is 16.4. The summed E-state index contributed by atoms with van der Waals surface area (Å²) in [5.74, 6) is 0.975. The van der Waals surface area contributed by atoms with Gasteiger partial charge in [-0.05, 0) is 49.9 Å². The minimum absolute atomic E-state index is 0.126. The second-order valence-corrected chi connectivity index (χ2v) is 8.42. The molecule has 2 aromatic rings. The number of hydrogen-bond acceptors (Lipinski definition) is 3. The van der Waals surface area contributed by atoms with Crippen LogP contribution in [0.25, 0.3) is 5.82 Å².